The number of carbonyl (C=O) groups excluding carboxylic acids is 1. The molecular weight excluding hydrogens is 336 g/mol. The van der Waals surface area contributed by atoms with Gasteiger partial charge in [-0.2, -0.15) is 0 Å². The van der Waals surface area contributed by atoms with Crippen molar-refractivity contribution in [3.05, 3.63) is 56.9 Å². The highest BCUT2D eigenvalue weighted by Crippen LogP contribution is 2.25. The van der Waals surface area contributed by atoms with Gasteiger partial charge in [-0.1, -0.05) is 6.07 Å². The van der Waals surface area contributed by atoms with Gasteiger partial charge in [0.1, 0.15) is 11.4 Å². The highest BCUT2D eigenvalue weighted by Gasteiger charge is 2.07. The van der Waals surface area contributed by atoms with Crippen LogP contribution in [-0.4, -0.2) is 18.0 Å². The number of hydrogen-bond donors (Lipinski definition) is 2. The minimum absolute atomic E-state index is 0.196. The lowest BCUT2D eigenvalue weighted by atomic mass is 10.1. The molecule has 0 atom stereocenters. The largest absolute Gasteiger partial charge is 0.496 e. The lowest BCUT2D eigenvalue weighted by Crippen LogP contribution is -2.18. The van der Waals surface area contributed by atoms with Crippen LogP contribution in [0.15, 0.2) is 45.9 Å². The van der Waals surface area contributed by atoms with Gasteiger partial charge in [0, 0.05) is 24.9 Å². The summed E-state index contributed by atoms with van der Waals surface area (Å²) in [6, 6.07) is 7.04. The molecule has 1 amide bonds. The molecule has 5 nitrogen and oxygen atoms in total. The Hall–Kier alpha value is -2.08. The number of methoxy groups -OCH3 is 1. The van der Waals surface area contributed by atoms with E-state index in [-0.39, 0.29) is 17.0 Å². The van der Waals surface area contributed by atoms with Crippen molar-refractivity contribution < 1.29 is 9.53 Å². The molecule has 0 unspecified atom stereocenters. The smallest absolute Gasteiger partial charge is 0.224 e. The molecule has 110 valence electrons. The molecule has 0 bridgehead atoms. The second-order valence-electron chi connectivity index (χ2n) is 4.44. The first kappa shape index (κ1) is 15.3. The van der Waals surface area contributed by atoms with Crippen LogP contribution in [0.2, 0.25) is 0 Å². The molecule has 0 saturated heterocycles. The third-order valence-corrected chi connectivity index (χ3v) is 3.57. The fraction of sp³-hybridized carbons (Fsp3) is 0.200. The summed E-state index contributed by atoms with van der Waals surface area (Å²) in [5.74, 6) is 0.553. The Bertz CT molecular complexity index is 697. The van der Waals surface area contributed by atoms with Crippen molar-refractivity contribution >= 4 is 27.5 Å². The summed E-state index contributed by atoms with van der Waals surface area (Å²) in [7, 11) is 1.60. The maximum Gasteiger partial charge on any atom is 0.224 e. The maximum atomic E-state index is 11.8. The van der Waals surface area contributed by atoms with Gasteiger partial charge in [-0.3, -0.25) is 9.59 Å². The van der Waals surface area contributed by atoms with Gasteiger partial charge in [-0.05, 0) is 40.0 Å². The van der Waals surface area contributed by atoms with Crippen LogP contribution < -0.4 is 15.5 Å². The molecule has 2 aromatic rings. The Labute approximate surface area is 130 Å². The number of aromatic nitrogens is 1. The van der Waals surface area contributed by atoms with Crippen LogP contribution in [0.4, 0.5) is 5.69 Å². The molecule has 1 aromatic heterocycles. The van der Waals surface area contributed by atoms with Crippen LogP contribution in [0.3, 0.4) is 0 Å². The molecule has 1 heterocycles. The van der Waals surface area contributed by atoms with Crippen LogP contribution >= 0.6 is 15.9 Å². The normalized spacial score (nSPS) is 10.2. The zero-order chi connectivity index (χ0) is 15.2. The van der Waals surface area contributed by atoms with Crippen LogP contribution in [0.25, 0.3) is 0 Å². The minimum atomic E-state index is -0.214. The number of pyridine rings is 1. The monoisotopic (exact) mass is 350 g/mol. The SMILES string of the molecule is COc1ccc(CCC(=O)Nc2c[nH]ccc2=O)cc1Br. The van der Waals surface area contributed by atoms with E-state index in [0.29, 0.717) is 12.8 Å². The summed E-state index contributed by atoms with van der Waals surface area (Å²) in [6.45, 7) is 0. The average molecular weight is 351 g/mol. The van der Waals surface area contributed by atoms with E-state index in [0.717, 1.165) is 15.8 Å². The van der Waals surface area contributed by atoms with Crippen LogP contribution in [0.5, 0.6) is 5.75 Å². The predicted octanol–water partition coefficient (Wildman–Crippen LogP) is 2.72. The highest BCUT2D eigenvalue weighted by atomic mass is 79.9. The number of amides is 1. The molecule has 0 saturated carbocycles. The maximum absolute atomic E-state index is 11.8. The Balaban J connectivity index is 1.94. The molecule has 0 aliphatic rings. The van der Waals surface area contributed by atoms with Crippen molar-refractivity contribution in [2.45, 2.75) is 12.8 Å². The summed E-state index contributed by atoms with van der Waals surface area (Å²) < 4.78 is 6.00. The van der Waals surface area contributed by atoms with E-state index in [1.54, 1.807) is 7.11 Å². The fourth-order valence-corrected chi connectivity index (χ4v) is 2.44. The zero-order valence-electron chi connectivity index (χ0n) is 11.5. The van der Waals surface area contributed by atoms with Gasteiger partial charge in [0.05, 0.1) is 11.6 Å². The van der Waals surface area contributed by atoms with Crippen molar-refractivity contribution in [1.82, 2.24) is 4.98 Å². The molecular formula is C15H15BrN2O3. The number of H-pyrrole nitrogens is 1. The Morgan fingerprint density at radius 3 is 2.86 bits per heavy atom. The van der Waals surface area contributed by atoms with Crippen LogP contribution in [0, 0.1) is 0 Å². The van der Waals surface area contributed by atoms with Crippen molar-refractivity contribution in [3.8, 4) is 5.75 Å². The van der Waals surface area contributed by atoms with Crippen LogP contribution in [-0.2, 0) is 11.2 Å². The quantitative estimate of drug-likeness (QED) is 0.870. The van der Waals surface area contributed by atoms with Crippen molar-refractivity contribution in [2.24, 2.45) is 0 Å². The second-order valence-corrected chi connectivity index (χ2v) is 5.29. The standard InChI is InChI=1S/C15H15BrN2O3/c1-21-14-4-2-10(8-11(14)16)3-5-15(20)18-12-9-17-7-6-13(12)19/h2,4,6-9H,3,5H2,1H3,(H,17,19)(H,18,20). The van der Waals surface area contributed by atoms with E-state index in [1.165, 1.54) is 18.5 Å². The Morgan fingerprint density at radius 2 is 2.19 bits per heavy atom. The summed E-state index contributed by atoms with van der Waals surface area (Å²) in [6.07, 6.45) is 3.88. The van der Waals surface area contributed by atoms with E-state index in [1.807, 2.05) is 18.2 Å². The molecule has 2 rings (SSSR count). The molecule has 0 spiro atoms. The minimum Gasteiger partial charge on any atom is -0.496 e. The molecule has 0 fully saturated rings. The van der Waals surface area contributed by atoms with Crippen molar-refractivity contribution in [1.29, 1.82) is 0 Å². The van der Waals surface area contributed by atoms with Gasteiger partial charge in [-0.25, -0.2) is 0 Å². The van der Waals surface area contributed by atoms with E-state index in [9.17, 15) is 9.59 Å². The zero-order valence-corrected chi connectivity index (χ0v) is 13.1. The summed E-state index contributed by atoms with van der Waals surface area (Å²) in [5.41, 5.74) is 1.06. The number of carbonyl (C=O) groups is 1. The Kier molecular flexibility index (Phi) is 5.16. The molecule has 21 heavy (non-hydrogen) atoms. The number of hydrogen-bond acceptors (Lipinski definition) is 3. The predicted molar refractivity (Wildman–Crippen MR) is 84.7 cm³/mol. The van der Waals surface area contributed by atoms with Gasteiger partial charge < -0.3 is 15.0 Å². The summed E-state index contributed by atoms with van der Waals surface area (Å²) >= 11 is 3.41. The van der Waals surface area contributed by atoms with Gasteiger partial charge >= 0.3 is 0 Å². The highest BCUT2D eigenvalue weighted by molar-refractivity contribution is 9.10. The van der Waals surface area contributed by atoms with Crippen LogP contribution in [0.1, 0.15) is 12.0 Å². The third-order valence-electron chi connectivity index (χ3n) is 2.96. The molecule has 0 aliphatic carbocycles. The number of aryl methyl sites for hydroxylation is 1. The van der Waals surface area contributed by atoms with Gasteiger partial charge in [-0.15, -0.1) is 0 Å². The molecule has 0 radical (unpaired) electrons. The molecule has 1 aromatic carbocycles. The lowest BCUT2D eigenvalue weighted by Gasteiger charge is -2.07. The van der Waals surface area contributed by atoms with Crippen molar-refractivity contribution in [3.63, 3.8) is 0 Å². The number of halogens is 1. The first-order valence-electron chi connectivity index (χ1n) is 6.39. The number of rotatable bonds is 5. The molecule has 2 N–H and O–H groups in total. The van der Waals surface area contributed by atoms with Gasteiger partial charge in [0.2, 0.25) is 11.3 Å². The fourth-order valence-electron chi connectivity index (χ4n) is 1.85. The third kappa shape index (κ3) is 4.19. The van der Waals surface area contributed by atoms with E-state index >= 15 is 0 Å². The number of ether oxygens (including phenoxy) is 1. The number of anilines is 1. The number of benzene rings is 1. The second kappa shape index (κ2) is 7.08. The first-order chi connectivity index (χ1) is 10.1. The number of nitrogens with one attached hydrogen (secondary N) is 2. The Morgan fingerprint density at radius 1 is 1.38 bits per heavy atom. The first-order valence-corrected chi connectivity index (χ1v) is 7.19. The lowest BCUT2D eigenvalue weighted by molar-refractivity contribution is -0.116. The van der Waals surface area contributed by atoms with Gasteiger partial charge in [0.15, 0.2) is 0 Å². The molecule has 6 heteroatoms. The van der Waals surface area contributed by atoms with E-state index < -0.39 is 0 Å². The van der Waals surface area contributed by atoms with Gasteiger partial charge in [0.25, 0.3) is 0 Å². The average Bonchev–Trinajstić information content (AvgIpc) is 2.48. The number of aromatic amines is 1. The summed E-state index contributed by atoms with van der Waals surface area (Å²) in [4.78, 5) is 26.1. The topological polar surface area (TPSA) is 71.2 Å². The van der Waals surface area contributed by atoms with E-state index in [2.05, 4.69) is 26.2 Å². The molecule has 0 aliphatic heterocycles. The summed E-state index contributed by atoms with van der Waals surface area (Å²) in [5, 5.41) is 2.60. The van der Waals surface area contributed by atoms with Crippen molar-refractivity contribution in [2.75, 3.05) is 12.4 Å². The van der Waals surface area contributed by atoms with E-state index in [4.69, 9.17) is 4.74 Å².